The van der Waals surface area contributed by atoms with E-state index >= 15 is 0 Å². The van der Waals surface area contributed by atoms with Gasteiger partial charge in [0.15, 0.2) is 0 Å². The van der Waals surface area contributed by atoms with Crippen LogP contribution in [0.3, 0.4) is 0 Å². The number of imidazole rings is 1. The standard InChI is InChI=1S/C14H16N2O/c1-16-9-8-15-13(16)14(17)7-6-11-4-2-3-5-12(11)10-14/h2-5,8-9,17H,6-7,10H2,1H3. The van der Waals surface area contributed by atoms with Crippen molar-refractivity contribution in [2.45, 2.75) is 24.9 Å². The summed E-state index contributed by atoms with van der Waals surface area (Å²) in [6, 6.07) is 8.34. The Morgan fingerprint density at radius 2 is 2.06 bits per heavy atom. The molecule has 88 valence electrons. The van der Waals surface area contributed by atoms with Crippen LogP contribution >= 0.6 is 0 Å². The van der Waals surface area contributed by atoms with E-state index in [1.165, 1.54) is 11.1 Å². The highest BCUT2D eigenvalue weighted by Gasteiger charge is 2.36. The summed E-state index contributed by atoms with van der Waals surface area (Å²) in [5.74, 6) is 0.770. The van der Waals surface area contributed by atoms with Crippen molar-refractivity contribution >= 4 is 0 Å². The minimum absolute atomic E-state index is 0.661. The Bertz CT molecular complexity index is 547. The van der Waals surface area contributed by atoms with E-state index in [1.54, 1.807) is 6.20 Å². The highest BCUT2D eigenvalue weighted by Crippen LogP contribution is 2.35. The summed E-state index contributed by atoms with van der Waals surface area (Å²) in [7, 11) is 1.93. The molecule has 0 saturated carbocycles. The number of hydrogen-bond donors (Lipinski definition) is 1. The first-order valence-corrected chi connectivity index (χ1v) is 5.96. The molecule has 0 fully saturated rings. The van der Waals surface area contributed by atoms with Crippen molar-refractivity contribution in [1.29, 1.82) is 0 Å². The van der Waals surface area contributed by atoms with E-state index in [4.69, 9.17) is 0 Å². The number of hydrogen-bond acceptors (Lipinski definition) is 2. The molecular weight excluding hydrogens is 212 g/mol. The van der Waals surface area contributed by atoms with Gasteiger partial charge in [-0.2, -0.15) is 0 Å². The van der Waals surface area contributed by atoms with Crippen LogP contribution in [0.5, 0.6) is 0 Å². The molecule has 1 aliphatic carbocycles. The average Bonchev–Trinajstić information content (AvgIpc) is 2.76. The third-order valence-corrected chi connectivity index (χ3v) is 3.65. The summed E-state index contributed by atoms with van der Waals surface area (Å²) in [5.41, 5.74) is 1.78. The molecular formula is C14H16N2O. The van der Waals surface area contributed by atoms with E-state index in [0.29, 0.717) is 6.42 Å². The molecule has 0 saturated heterocycles. The van der Waals surface area contributed by atoms with E-state index in [-0.39, 0.29) is 0 Å². The maximum absolute atomic E-state index is 10.8. The SMILES string of the molecule is Cn1ccnc1C1(O)CCc2ccccc2C1. The van der Waals surface area contributed by atoms with E-state index in [0.717, 1.165) is 18.7 Å². The van der Waals surface area contributed by atoms with Crippen LogP contribution in [0.15, 0.2) is 36.7 Å². The minimum atomic E-state index is -0.813. The lowest BCUT2D eigenvalue weighted by atomic mass is 9.80. The van der Waals surface area contributed by atoms with Gasteiger partial charge in [0.25, 0.3) is 0 Å². The molecule has 1 unspecified atom stereocenters. The molecule has 1 heterocycles. The Labute approximate surface area is 101 Å². The van der Waals surface area contributed by atoms with Crippen LogP contribution in [-0.2, 0) is 25.5 Å². The fourth-order valence-electron chi connectivity index (χ4n) is 2.72. The van der Waals surface area contributed by atoms with E-state index < -0.39 is 5.60 Å². The Balaban J connectivity index is 2.01. The second-order valence-electron chi connectivity index (χ2n) is 4.84. The van der Waals surface area contributed by atoms with E-state index in [9.17, 15) is 5.11 Å². The molecule has 1 aromatic heterocycles. The number of fused-ring (bicyclic) bond motifs is 1. The molecule has 1 atom stereocenters. The maximum atomic E-state index is 10.8. The van der Waals surface area contributed by atoms with Gasteiger partial charge >= 0.3 is 0 Å². The van der Waals surface area contributed by atoms with Gasteiger partial charge in [-0.25, -0.2) is 4.98 Å². The molecule has 0 radical (unpaired) electrons. The quantitative estimate of drug-likeness (QED) is 0.808. The van der Waals surface area contributed by atoms with E-state index in [2.05, 4.69) is 23.2 Å². The van der Waals surface area contributed by atoms with Crippen molar-refractivity contribution in [3.8, 4) is 0 Å². The monoisotopic (exact) mass is 228 g/mol. The Morgan fingerprint density at radius 1 is 1.29 bits per heavy atom. The fourth-order valence-corrected chi connectivity index (χ4v) is 2.72. The van der Waals surface area contributed by atoms with Gasteiger partial charge in [0.2, 0.25) is 0 Å². The summed E-state index contributed by atoms with van der Waals surface area (Å²) in [6.45, 7) is 0. The summed E-state index contributed by atoms with van der Waals surface area (Å²) < 4.78 is 1.91. The molecule has 2 aromatic rings. The largest absolute Gasteiger partial charge is 0.382 e. The zero-order valence-electron chi connectivity index (χ0n) is 9.93. The van der Waals surface area contributed by atoms with Gasteiger partial charge in [0, 0.05) is 25.9 Å². The first-order valence-electron chi connectivity index (χ1n) is 5.96. The van der Waals surface area contributed by atoms with Crippen LogP contribution < -0.4 is 0 Å². The molecule has 3 nitrogen and oxygen atoms in total. The van der Waals surface area contributed by atoms with E-state index in [1.807, 2.05) is 23.9 Å². The van der Waals surface area contributed by atoms with Gasteiger partial charge in [0.1, 0.15) is 11.4 Å². The van der Waals surface area contributed by atoms with Crippen LogP contribution in [0, 0.1) is 0 Å². The van der Waals surface area contributed by atoms with Gasteiger partial charge in [-0.3, -0.25) is 0 Å². The minimum Gasteiger partial charge on any atom is -0.382 e. The third kappa shape index (κ3) is 1.67. The van der Waals surface area contributed by atoms with Crippen molar-refractivity contribution in [1.82, 2.24) is 9.55 Å². The molecule has 0 amide bonds. The van der Waals surface area contributed by atoms with Gasteiger partial charge in [-0.15, -0.1) is 0 Å². The topological polar surface area (TPSA) is 38.0 Å². The molecule has 3 rings (SSSR count). The average molecular weight is 228 g/mol. The second kappa shape index (κ2) is 3.70. The van der Waals surface area contributed by atoms with Gasteiger partial charge in [-0.05, 0) is 24.0 Å². The molecule has 0 bridgehead atoms. The molecule has 17 heavy (non-hydrogen) atoms. The highest BCUT2D eigenvalue weighted by molar-refractivity contribution is 5.32. The molecule has 1 aliphatic rings. The summed E-state index contributed by atoms with van der Waals surface area (Å²) in [5, 5.41) is 10.8. The molecule has 3 heteroatoms. The predicted molar refractivity (Wildman–Crippen MR) is 65.6 cm³/mol. The van der Waals surface area contributed by atoms with Crippen LogP contribution in [0.1, 0.15) is 23.4 Å². The summed E-state index contributed by atoms with van der Waals surface area (Å²) in [6.07, 6.45) is 5.95. The lowest BCUT2D eigenvalue weighted by Gasteiger charge is -2.32. The number of rotatable bonds is 1. The number of aliphatic hydroxyl groups is 1. The van der Waals surface area contributed by atoms with Gasteiger partial charge in [-0.1, -0.05) is 24.3 Å². The molecule has 1 N–H and O–H groups in total. The fraction of sp³-hybridized carbons (Fsp3) is 0.357. The maximum Gasteiger partial charge on any atom is 0.140 e. The zero-order valence-corrected chi connectivity index (χ0v) is 9.93. The lowest BCUT2D eigenvalue weighted by Crippen LogP contribution is -2.35. The van der Waals surface area contributed by atoms with Crippen LogP contribution in [0.25, 0.3) is 0 Å². The number of aromatic nitrogens is 2. The highest BCUT2D eigenvalue weighted by atomic mass is 16.3. The Kier molecular flexibility index (Phi) is 2.30. The predicted octanol–water partition coefficient (Wildman–Crippen LogP) is 1.80. The normalized spacial score (nSPS) is 23.4. The summed E-state index contributed by atoms with van der Waals surface area (Å²) in [4.78, 5) is 4.30. The Hall–Kier alpha value is -1.61. The van der Waals surface area contributed by atoms with Crippen molar-refractivity contribution in [3.05, 3.63) is 53.6 Å². The van der Waals surface area contributed by atoms with Crippen molar-refractivity contribution in [2.24, 2.45) is 7.05 Å². The first kappa shape index (κ1) is 10.5. The van der Waals surface area contributed by atoms with Crippen LogP contribution in [0.2, 0.25) is 0 Å². The lowest BCUT2D eigenvalue weighted by molar-refractivity contribution is 0.0109. The van der Waals surface area contributed by atoms with Crippen molar-refractivity contribution in [2.75, 3.05) is 0 Å². The van der Waals surface area contributed by atoms with Gasteiger partial charge in [0.05, 0.1) is 0 Å². The van der Waals surface area contributed by atoms with Crippen LogP contribution in [0.4, 0.5) is 0 Å². The third-order valence-electron chi connectivity index (χ3n) is 3.65. The smallest absolute Gasteiger partial charge is 0.140 e. The molecule has 0 spiro atoms. The molecule has 1 aromatic carbocycles. The first-order chi connectivity index (χ1) is 8.19. The number of aryl methyl sites for hydroxylation is 2. The van der Waals surface area contributed by atoms with Crippen molar-refractivity contribution < 1.29 is 5.11 Å². The number of benzene rings is 1. The molecule has 0 aliphatic heterocycles. The van der Waals surface area contributed by atoms with Crippen molar-refractivity contribution in [3.63, 3.8) is 0 Å². The van der Waals surface area contributed by atoms with Gasteiger partial charge < -0.3 is 9.67 Å². The zero-order chi connectivity index (χ0) is 11.9. The number of nitrogens with zero attached hydrogens (tertiary/aromatic N) is 2. The van der Waals surface area contributed by atoms with Crippen LogP contribution in [-0.4, -0.2) is 14.7 Å². The second-order valence-corrected chi connectivity index (χ2v) is 4.84. The Morgan fingerprint density at radius 3 is 2.76 bits per heavy atom. The summed E-state index contributed by atoms with van der Waals surface area (Å²) >= 11 is 0.